The molecule has 1 aromatic rings. The Morgan fingerprint density at radius 1 is 1.30 bits per heavy atom. The van der Waals surface area contributed by atoms with Gasteiger partial charge in [0.1, 0.15) is 5.15 Å². The van der Waals surface area contributed by atoms with Crippen molar-refractivity contribution in [3.63, 3.8) is 0 Å². The number of carboxylic acids is 1. The summed E-state index contributed by atoms with van der Waals surface area (Å²) in [5.74, 6) is -2.62. The summed E-state index contributed by atoms with van der Waals surface area (Å²) < 4.78 is 0. The highest BCUT2D eigenvalue weighted by atomic mass is 35.5. The van der Waals surface area contributed by atoms with Crippen LogP contribution in [0.5, 0.6) is 0 Å². The van der Waals surface area contributed by atoms with Gasteiger partial charge in [0.05, 0.1) is 11.8 Å². The Morgan fingerprint density at radius 3 is 2.55 bits per heavy atom. The van der Waals surface area contributed by atoms with Gasteiger partial charge >= 0.3 is 5.97 Å². The Balaban J connectivity index is 2.14. The fourth-order valence-electron chi connectivity index (χ4n) is 2.17. The minimum Gasteiger partial charge on any atom is -0.481 e. The molecule has 2 N–H and O–H groups in total. The average molecular weight is 296 g/mol. The summed E-state index contributed by atoms with van der Waals surface area (Å²) in [6.07, 6.45) is 4.33. The first-order valence-electron chi connectivity index (χ1n) is 6.17. The van der Waals surface area contributed by atoms with Crippen LogP contribution in [0.1, 0.15) is 18.5 Å². The molecule has 0 aliphatic heterocycles. The molecule has 6 nitrogen and oxygen atoms in total. The predicted molar refractivity (Wildman–Crippen MR) is 73.4 cm³/mol. The summed E-state index contributed by atoms with van der Waals surface area (Å²) in [5, 5.41) is 11.9. The zero-order valence-electron chi connectivity index (χ0n) is 10.8. The second-order valence-corrected chi connectivity index (χ2v) is 5.03. The van der Waals surface area contributed by atoms with Crippen molar-refractivity contribution in [2.75, 3.05) is 5.32 Å². The van der Waals surface area contributed by atoms with E-state index in [9.17, 15) is 9.59 Å². The third-order valence-corrected chi connectivity index (χ3v) is 3.34. The number of nitrogens with one attached hydrogen (secondary N) is 1. The van der Waals surface area contributed by atoms with Gasteiger partial charge < -0.3 is 5.11 Å². The highest BCUT2D eigenvalue weighted by Crippen LogP contribution is 2.27. The largest absolute Gasteiger partial charge is 0.481 e. The lowest BCUT2D eigenvalue weighted by Crippen LogP contribution is -2.35. The number of carbonyl (C=O) groups is 2. The average Bonchev–Trinajstić information content (AvgIpc) is 2.37. The fraction of sp³-hybridized carbons (Fsp3) is 0.385. The van der Waals surface area contributed by atoms with Crippen LogP contribution in [0.3, 0.4) is 0 Å². The van der Waals surface area contributed by atoms with Crippen molar-refractivity contribution >= 4 is 29.4 Å². The van der Waals surface area contributed by atoms with Crippen LogP contribution in [0.15, 0.2) is 18.2 Å². The monoisotopic (exact) mass is 295 g/mol. The Labute approximate surface area is 120 Å². The minimum atomic E-state index is -0.974. The summed E-state index contributed by atoms with van der Waals surface area (Å²) >= 11 is 5.79. The molecule has 0 radical (unpaired) electrons. The molecule has 2 atom stereocenters. The summed E-state index contributed by atoms with van der Waals surface area (Å²) in [6, 6.07) is 1.57. The van der Waals surface area contributed by atoms with Gasteiger partial charge in [-0.2, -0.15) is 0 Å². The van der Waals surface area contributed by atoms with E-state index in [1.807, 2.05) is 6.08 Å². The van der Waals surface area contributed by atoms with Crippen LogP contribution < -0.4 is 5.32 Å². The van der Waals surface area contributed by atoms with Crippen molar-refractivity contribution in [1.82, 2.24) is 9.97 Å². The number of carboxylic acid groups (broad SMARTS) is 1. The number of nitrogens with zero attached hydrogens (tertiary/aromatic N) is 2. The molecule has 1 aromatic heterocycles. The van der Waals surface area contributed by atoms with E-state index in [0.29, 0.717) is 18.5 Å². The van der Waals surface area contributed by atoms with Crippen molar-refractivity contribution in [1.29, 1.82) is 0 Å². The molecule has 106 valence electrons. The normalized spacial score (nSPS) is 21.5. The number of hydrogen-bond acceptors (Lipinski definition) is 4. The zero-order valence-corrected chi connectivity index (χ0v) is 11.6. The summed E-state index contributed by atoms with van der Waals surface area (Å²) in [7, 11) is 0. The van der Waals surface area contributed by atoms with Gasteiger partial charge in [-0.25, -0.2) is 9.97 Å². The van der Waals surface area contributed by atoms with E-state index >= 15 is 0 Å². The fourth-order valence-corrected chi connectivity index (χ4v) is 2.40. The summed E-state index contributed by atoms with van der Waals surface area (Å²) in [6.45, 7) is 1.73. The number of rotatable bonds is 3. The number of amides is 1. The third kappa shape index (κ3) is 3.33. The van der Waals surface area contributed by atoms with Crippen LogP contribution in [0.2, 0.25) is 5.15 Å². The lowest BCUT2D eigenvalue weighted by atomic mass is 9.82. The quantitative estimate of drug-likeness (QED) is 0.657. The molecule has 0 fully saturated rings. The molecule has 0 saturated carbocycles. The van der Waals surface area contributed by atoms with Gasteiger partial charge in [0.25, 0.3) is 0 Å². The van der Waals surface area contributed by atoms with Crippen LogP contribution in [0.4, 0.5) is 5.95 Å². The van der Waals surface area contributed by atoms with E-state index in [0.717, 1.165) is 0 Å². The molecule has 20 heavy (non-hydrogen) atoms. The highest BCUT2D eigenvalue weighted by molar-refractivity contribution is 6.29. The maximum atomic E-state index is 12.2. The molecule has 7 heteroatoms. The number of aromatic nitrogens is 2. The lowest BCUT2D eigenvalue weighted by Gasteiger charge is -2.23. The van der Waals surface area contributed by atoms with Crippen LogP contribution in [0, 0.1) is 18.8 Å². The first-order valence-corrected chi connectivity index (χ1v) is 6.55. The Bertz CT molecular complexity index is 554. The van der Waals surface area contributed by atoms with Crippen molar-refractivity contribution in [2.45, 2.75) is 19.8 Å². The van der Waals surface area contributed by atoms with E-state index in [1.54, 1.807) is 19.1 Å². The summed E-state index contributed by atoms with van der Waals surface area (Å²) in [5.41, 5.74) is 0.624. The second kappa shape index (κ2) is 6.00. The molecule has 0 saturated heterocycles. The van der Waals surface area contributed by atoms with Crippen molar-refractivity contribution in [2.24, 2.45) is 11.8 Å². The molecular formula is C13H14ClN3O3. The number of aliphatic carboxylic acids is 1. The highest BCUT2D eigenvalue weighted by Gasteiger charge is 2.34. The molecule has 1 heterocycles. The number of allylic oxidation sites excluding steroid dienone is 2. The van der Waals surface area contributed by atoms with Gasteiger partial charge in [-0.15, -0.1) is 0 Å². The summed E-state index contributed by atoms with van der Waals surface area (Å²) in [4.78, 5) is 31.3. The van der Waals surface area contributed by atoms with Crippen molar-refractivity contribution < 1.29 is 14.7 Å². The van der Waals surface area contributed by atoms with E-state index in [-0.39, 0.29) is 11.1 Å². The Kier molecular flexibility index (Phi) is 4.34. The molecule has 0 spiro atoms. The maximum absolute atomic E-state index is 12.2. The van der Waals surface area contributed by atoms with E-state index in [4.69, 9.17) is 16.7 Å². The molecule has 1 aliphatic carbocycles. The third-order valence-electron chi connectivity index (χ3n) is 3.14. The van der Waals surface area contributed by atoms with E-state index in [1.165, 1.54) is 0 Å². The molecule has 2 rings (SSSR count). The Morgan fingerprint density at radius 2 is 1.95 bits per heavy atom. The van der Waals surface area contributed by atoms with Crippen molar-refractivity contribution in [3.05, 3.63) is 29.1 Å². The number of anilines is 1. The predicted octanol–water partition coefficient (Wildman–Crippen LogP) is 2.04. The zero-order chi connectivity index (χ0) is 14.7. The topological polar surface area (TPSA) is 92.2 Å². The second-order valence-electron chi connectivity index (χ2n) is 4.64. The lowest BCUT2D eigenvalue weighted by molar-refractivity contribution is -0.146. The van der Waals surface area contributed by atoms with Crippen LogP contribution in [-0.2, 0) is 9.59 Å². The first kappa shape index (κ1) is 14.5. The molecular weight excluding hydrogens is 282 g/mol. The standard InChI is InChI=1S/C13H14ClN3O3/c1-7-6-10(14)16-13(15-7)17-11(18)8-4-2-3-5-9(8)12(19)20/h2-3,6,8-9H,4-5H2,1H3,(H,19,20)(H,15,16,17,18). The number of hydrogen-bond donors (Lipinski definition) is 2. The van der Waals surface area contributed by atoms with Gasteiger partial charge in [0.15, 0.2) is 0 Å². The van der Waals surface area contributed by atoms with Gasteiger partial charge in [-0.3, -0.25) is 14.9 Å². The van der Waals surface area contributed by atoms with Gasteiger partial charge in [0, 0.05) is 5.69 Å². The smallest absolute Gasteiger partial charge is 0.307 e. The number of aryl methyl sites for hydroxylation is 1. The van der Waals surface area contributed by atoms with E-state index < -0.39 is 23.7 Å². The van der Waals surface area contributed by atoms with Gasteiger partial charge in [-0.1, -0.05) is 23.8 Å². The molecule has 1 aliphatic rings. The van der Waals surface area contributed by atoms with E-state index in [2.05, 4.69) is 15.3 Å². The molecule has 2 unspecified atom stereocenters. The van der Waals surface area contributed by atoms with Crippen LogP contribution >= 0.6 is 11.6 Å². The molecule has 1 amide bonds. The van der Waals surface area contributed by atoms with Crippen LogP contribution in [0.25, 0.3) is 0 Å². The van der Waals surface area contributed by atoms with Gasteiger partial charge in [0.2, 0.25) is 11.9 Å². The van der Waals surface area contributed by atoms with Crippen molar-refractivity contribution in [3.8, 4) is 0 Å². The van der Waals surface area contributed by atoms with Crippen LogP contribution in [-0.4, -0.2) is 27.0 Å². The number of carbonyl (C=O) groups excluding carboxylic acids is 1. The first-order chi connectivity index (χ1) is 9.47. The molecule has 0 bridgehead atoms. The maximum Gasteiger partial charge on any atom is 0.307 e. The SMILES string of the molecule is Cc1cc(Cl)nc(NC(=O)C2CC=CCC2C(=O)O)n1. The molecule has 0 aromatic carbocycles. The van der Waals surface area contributed by atoms with Gasteiger partial charge in [-0.05, 0) is 25.8 Å². The number of halogens is 1. The minimum absolute atomic E-state index is 0.0960. The Hall–Kier alpha value is -1.95.